The molecule has 2 amide bonds. The molecule has 1 N–H and O–H groups in total. The first-order chi connectivity index (χ1) is 12.7. The van der Waals surface area contributed by atoms with Gasteiger partial charge in [0.2, 0.25) is 5.91 Å². The molecule has 1 aliphatic rings. The lowest BCUT2D eigenvalue weighted by Gasteiger charge is -2.23. The third-order valence-electron chi connectivity index (χ3n) is 4.26. The summed E-state index contributed by atoms with van der Waals surface area (Å²) < 4.78 is 15.9. The van der Waals surface area contributed by atoms with Crippen LogP contribution in [0.3, 0.4) is 0 Å². The maximum atomic E-state index is 12.4. The molecule has 1 aromatic carbocycles. The number of ether oxygens (including phenoxy) is 2. The van der Waals surface area contributed by atoms with E-state index in [1.807, 2.05) is 18.2 Å². The number of rotatable bonds is 7. The number of nitrogens with zero attached hydrogens (tertiary/aromatic N) is 1. The number of furan rings is 1. The largest absolute Gasteiger partial charge is 0.497 e. The van der Waals surface area contributed by atoms with Crippen molar-refractivity contribution in [3.8, 4) is 11.5 Å². The number of hydrogen-bond acceptors (Lipinski definition) is 5. The number of carbonyl (C=O) groups is 2. The molecule has 7 heteroatoms. The molecular formula is C19H22N2O5. The standard InChI is InChI=1S/C19H22N2O5/c1-24-14-5-2-6-15(13-14)25-12-9-20-18(22)16-7-3-10-21(16)19(23)17-8-4-11-26-17/h2,4-6,8,11,13,16H,3,7,9-10,12H2,1H3,(H,20,22). The van der Waals surface area contributed by atoms with Crippen molar-refractivity contribution in [3.63, 3.8) is 0 Å². The van der Waals surface area contributed by atoms with Crippen molar-refractivity contribution in [2.24, 2.45) is 0 Å². The van der Waals surface area contributed by atoms with Gasteiger partial charge in [-0.2, -0.15) is 0 Å². The van der Waals surface area contributed by atoms with Gasteiger partial charge in [0.05, 0.1) is 19.9 Å². The molecule has 1 aromatic heterocycles. The molecule has 138 valence electrons. The molecule has 0 spiro atoms. The van der Waals surface area contributed by atoms with Crippen LogP contribution >= 0.6 is 0 Å². The van der Waals surface area contributed by atoms with Crippen LogP contribution in [0.25, 0.3) is 0 Å². The lowest BCUT2D eigenvalue weighted by molar-refractivity contribution is -0.124. The summed E-state index contributed by atoms with van der Waals surface area (Å²) in [5.74, 6) is 1.22. The highest BCUT2D eigenvalue weighted by Gasteiger charge is 2.35. The number of methoxy groups -OCH3 is 1. The predicted octanol–water partition coefficient (Wildman–Crippen LogP) is 2.09. The van der Waals surface area contributed by atoms with Crippen molar-refractivity contribution in [1.82, 2.24) is 10.2 Å². The molecule has 1 unspecified atom stereocenters. The first kappa shape index (κ1) is 17.8. The molecule has 0 aliphatic carbocycles. The Morgan fingerprint density at radius 2 is 2.12 bits per heavy atom. The van der Waals surface area contributed by atoms with Gasteiger partial charge < -0.3 is 24.1 Å². The van der Waals surface area contributed by atoms with E-state index in [1.165, 1.54) is 6.26 Å². The summed E-state index contributed by atoms with van der Waals surface area (Å²) in [4.78, 5) is 26.4. The molecule has 7 nitrogen and oxygen atoms in total. The Bertz CT molecular complexity index is 744. The van der Waals surface area contributed by atoms with E-state index in [0.717, 1.165) is 6.42 Å². The van der Waals surface area contributed by atoms with Crippen LogP contribution in [-0.2, 0) is 4.79 Å². The van der Waals surface area contributed by atoms with E-state index in [1.54, 1.807) is 30.2 Å². The Morgan fingerprint density at radius 1 is 1.27 bits per heavy atom. The van der Waals surface area contributed by atoms with Gasteiger partial charge in [0.1, 0.15) is 24.1 Å². The zero-order chi connectivity index (χ0) is 18.4. The van der Waals surface area contributed by atoms with Gasteiger partial charge in [-0.1, -0.05) is 6.07 Å². The highest BCUT2D eigenvalue weighted by atomic mass is 16.5. The topological polar surface area (TPSA) is 81.0 Å². The fourth-order valence-electron chi connectivity index (χ4n) is 2.98. The number of carbonyl (C=O) groups excluding carboxylic acids is 2. The van der Waals surface area contributed by atoms with Crippen LogP contribution < -0.4 is 14.8 Å². The van der Waals surface area contributed by atoms with Crippen LogP contribution in [0.2, 0.25) is 0 Å². The molecule has 0 bridgehead atoms. The van der Waals surface area contributed by atoms with Gasteiger partial charge in [-0.25, -0.2) is 0 Å². The molecule has 0 radical (unpaired) electrons. The summed E-state index contributed by atoms with van der Waals surface area (Å²) in [6, 6.07) is 10.1. The molecule has 1 fully saturated rings. The van der Waals surface area contributed by atoms with Crippen LogP contribution in [0.1, 0.15) is 23.4 Å². The minimum Gasteiger partial charge on any atom is -0.497 e. The van der Waals surface area contributed by atoms with E-state index in [0.29, 0.717) is 37.6 Å². The van der Waals surface area contributed by atoms with Crippen molar-refractivity contribution in [1.29, 1.82) is 0 Å². The Labute approximate surface area is 151 Å². The lowest BCUT2D eigenvalue weighted by atomic mass is 10.2. The van der Waals surface area contributed by atoms with Gasteiger partial charge >= 0.3 is 0 Å². The highest BCUT2D eigenvalue weighted by molar-refractivity contribution is 5.95. The normalized spacial score (nSPS) is 16.3. The minimum atomic E-state index is -0.468. The second-order valence-electron chi connectivity index (χ2n) is 5.95. The van der Waals surface area contributed by atoms with Gasteiger partial charge in [0, 0.05) is 12.6 Å². The fourth-order valence-corrected chi connectivity index (χ4v) is 2.98. The summed E-state index contributed by atoms with van der Waals surface area (Å²) in [6.07, 6.45) is 2.90. The number of hydrogen-bond donors (Lipinski definition) is 1. The Hall–Kier alpha value is -2.96. The zero-order valence-electron chi connectivity index (χ0n) is 14.6. The van der Waals surface area contributed by atoms with E-state index in [9.17, 15) is 9.59 Å². The maximum Gasteiger partial charge on any atom is 0.290 e. The number of amides is 2. The fraction of sp³-hybridized carbons (Fsp3) is 0.368. The van der Waals surface area contributed by atoms with Crippen LogP contribution in [-0.4, -0.2) is 49.6 Å². The first-order valence-electron chi connectivity index (χ1n) is 8.58. The molecule has 2 heterocycles. The number of benzene rings is 1. The molecule has 3 rings (SSSR count). The van der Waals surface area contributed by atoms with E-state index >= 15 is 0 Å². The minimum absolute atomic E-state index is 0.170. The second kappa shape index (κ2) is 8.42. The van der Waals surface area contributed by atoms with Crippen LogP contribution in [0.15, 0.2) is 47.1 Å². The van der Waals surface area contributed by atoms with Crippen molar-refractivity contribution < 1.29 is 23.5 Å². The monoisotopic (exact) mass is 358 g/mol. The lowest BCUT2D eigenvalue weighted by Crippen LogP contribution is -2.46. The van der Waals surface area contributed by atoms with Crippen molar-refractivity contribution in [2.75, 3.05) is 26.8 Å². The van der Waals surface area contributed by atoms with Gasteiger partial charge in [-0.3, -0.25) is 9.59 Å². The summed E-state index contributed by atoms with van der Waals surface area (Å²) in [5.41, 5.74) is 0. The molecule has 0 saturated carbocycles. The van der Waals surface area contributed by atoms with Crippen molar-refractivity contribution >= 4 is 11.8 Å². The molecule has 1 saturated heterocycles. The number of likely N-dealkylation sites (tertiary alicyclic amines) is 1. The van der Waals surface area contributed by atoms with E-state index in [-0.39, 0.29) is 17.6 Å². The van der Waals surface area contributed by atoms with Crippen LogP contribution in [0.5, 0.6) is 11.5 Å². The van der Waals surface area contributed by atoms with Crippen LogP contribution in [0, 0.1) is 0 Å². The quantitative estimate of drug-likeness (QED) is 0.767. The molecule has 26 heavy (non-hydrogen) atoms. The Kier molecular flexibility index (Phi) is 5.78. The average Bonchev–Trinajstić information content (AvgIpc) is 3.36. The first-order valence-corrected chi connectivity index (χ1v) is 8.58. The summed E-state index contributed by atoms with van der Waals surface area (Å²) >= 11 is 0. The van der Waals surface area contributed by atoms with Crippen molar-refractivity contribution in [3.05, 3.63) is 48.4 Å². The second-order valence-corrected chi connectivity index (χ2v) is 5.95. The molecular weight excluding hydrogens is 336 g/mol. The molecule has 2 aromatic rings. The number of nitrogens with one attached hydrogen (secondary N) is 1. The Morgan fingerprint density at radius 3 is 2.88 bits per heavy atom. The smallest absolute Gasteiger partial charge is 0.290 e. The molecule has 1 atom stereocenters. The summed E-state index contributed by atoms with van der Waals surface area (Å²) in [6.45, 7) is 1.24. The van der Waals surface area contributed by atoms with Gasteiger partial charge in [-0.05, 0) is 37.1 Å². The van der Waals surface area contributed by atoms with Crippen molar-refractivity contribution in [2.45, 2.75) is 18.9 Å². The Balaban J connectivity index is 1.47. The maximum absolute atomic E-state index is 12.4. The van der Waals surface area contributed by atoms with E-state index in [4.69, 9.17) is 13.9 Å². The van der Waals surface area contributed by atoms with Gasteiger partial charge in [-0.15, -0.1) is 0 Å². The summed E-state index contributed by atoms with van der Waals surface area (Å²) in [5, 5.41) is 2.83. The zero-order valence-corrected chi connectivity index (χ0v) is 14.6. The average molecular weight is 358 g/mol. The van der Waals surface area contributed by atoms with Gasteiger partial charge in [0.15, 0.2) is 5.76 Å². The predicted molar refractivity (Wildman–Crippen MR) is 94.3 cm³/mol. The van der Waals surface area contributed by atoms with E-state index in [2.05, 4.69) is 5.32 Å². The third-order valence-corrected chi connectivity index (χ3v) is 4.26. The van der Waals surface area contributed by atoms with Gasteiger partial charge in [0.25, 0.3) is 5.91 Å². The molecule has 1 aliphatic heterocycles. The highest BCUT2D eigenvalue weighted by Crippen LogP contribution is 2.21. The third kappa shape index (κ3) is 4.17. The van der Waals surface area contributed by atoms with Crippen LogP contribution in [0.4, 0.5) is 0 Å². The summed E-state index contributed by atoms with van der Waals surface area (Å²) in [7, 11) is 1.59. The SMILES string of the molecule is COc1cccc(OCCNC(=O)C2CCCN2C(=O)c2ccco2)c1. The van der Waals surface area contributed by atoms with E-state index < -0.39 is 6.04 Å².